The second-order valence-electron chi connectivity index (χ2n) is 5.82. The summed E-state index contributed by atoms with van der Waals surface area (Å²) < 4.78 is 10.6. The molecule has 2 rings (SSSR count). The zero-order valence-electron chi connectivity index (χ0n) is 15.5. The first-order chi connectivity index (χ1) is 12.5. The van der Waals surface area contributed by atoms with Gasteiger partial charge in [0.25, 0.3) is 5.91 Å². The van der Waals surface area contributed by atoms with E-state index in [2.05, 4.69) is 5.32 Å². The summed E-state index contributed by atoms with van der Waals surface area (Å²) in [6.07, 6.45) is 0.384. The molecule has 0 atom stereocenters. The molecule has 1 N–H and O–H groups in total. The van der Waals surface area contributed by atoms with E-state index in [1.165, 1.54) is 0 Å². The van der Waals surface area contributed by atoms with Gasteiger partial charge in [-0.1, -0.05) is 13.0 Å². The number of methoxy groups -OCH3 is 2. The number of rotatable bonds is 7. The Balaban J connectivity index is 2.15. The minimum absolute atomic E-state index is 0.0917. The lowest BCUT2D eigenvalue weighted by Crippen LogP contribution is -2.26. The highest BCUT2D eigenvalue weighted by molar-refractivity contribution is 5.97. The second-order valence-corrected chi connectivity index (χ2v) is 5.82. The van der Waals surface area contributed by atoms with Gasteiger partial charge in [-0.25, -0.2) is 0 Å². The Hall–Kier alpha value is -3.02. The number of carbonyl (C=O) groups excluding carboxylic acids is 2. The van der Waals surface area contributed by atoms with Crippen molar-refractivity contribution in [3.8, 4) is 11.5 Å². The highest BCUT2D eigenvalue weighted by Crippen LogP contribution is 2.26. The topological polar surface area (TPSA) is 67.9 Å². The molecular weight excluding hydrogens is 332 g/mol. The number of amides is 2. The van der Waals surface area contributed by atoms with Gasteiger partial charge in [0.15, 0.2) is 0 Å². The van der Waals surface area contributed by atoms with Gasteiger partial charge in [-0.3, -0.25) is 9.59 Å². The molecule has 0 spiro atoms. The van der Waals surface area contributed by atoms with E-state index in [-0.39, 0.29) is 11.8 Å². The van der Waals surface area contributed by atoms with Crippen LogP contribution in [0.3, 0.4) is 0 Å². The fourth-order valence-corrected chi connectivity index (χ4v) is 2.51. The van der Waals surface area contributed by atoms with Crippen LogP contribution in [0.4, 0.5) is 5.69 Å². The van der Waals surface area contributed by atoms with Crippen LogP contribution in [0.5, 0.6) is 11.5 Å². The maximum absolute atomic E-state index is 12.7. The molecule has 26 heavy (non-hydrogen) atoms. The van der Waals surface area contributed by atoms with E-state index >= 15 is 0 Å². The summed E-state index contributed by atoms with van der Waals surface area (Å²) >= 11 is 0. The third-order valence-corrected chi connectivity index (χ3v) is 3.96. The van der Waals surface area contributed by atoms with Crippen LogP contribution in [-0.2, 0) is 11.3 Å². The van der Waals surface area contributed by atoms with Gasteiger partial charge in [-0.05, 0) is 30.3 Å². The second kappa shape index (κ2) is 8.89. The first-order valence-electron chi connectivity index (χ1n) is 8.34. The van der Waals surface area contributed by atoms with E-state index in [1.54, 1.807) is 63.4 Å². The molecule has 0 fully saturated rings. The van der Waals surface area contributed by atoms with Crippen molar-refractivity contribution in [2.24, 2.45) is 0 Å². The van der Waals surface area contributed by atoms with Crippen LogP contribution < -0.4 is 14.8 Å². The molecule has 0 saturated carbocycles. The lowest BCUT2D eigenvalue weighted by Gasteiger charge is -2.19. The standard InChI is InChI=1S/C20H24N2O4/c1-5-19(23)21-16-8-6-7-14(11-16)20(24)22(2)13-15-9-10-17(25-3)12-18(15)26-4/h6-12H,5,13H2,1-4H3,(H,21,23). The van der Waals surface area contributed by atoms with Gasteiger partial charge in [-0.15, -0.1) is 0 Å². The average Bonchev–Trinajstić information content (AvgIpc) is 2.67. The Morgan fingerprint density at radius 2 is 1.85 bits per heavy atom. The van der Waals surface area contributed by atoms with Crippen molar-refractivity contribution in [3.05, 3.63) is 53.6 Å². The summed E-state index contributed by atoms with van der Waals surface area (Å²) in [4.78, 5) is 25.9. The summed E-state index contributed by atoms with van der Waals surface area (Å²) in [5.74, 6) is 1.12. The molecule has 0 aliphatic rings. The lowest BCUT2D eigenvalue weighted by molar-refractivity contribution is -0.115. The van der Waals surface area contributed by atoms with Gasteiger partial charge < -0.3 is 19.7 Å². The quantitative estimate of drug-likeness (QED) is 0.826. The largest absolute Gasteiger partial charge is 0.497 e. The third kappa shape index (κ3) is 4.75. The normalized spacial score (nSPS) is 10.2. The summed E-state index contributed by atoms with van der Waals surface area (Å²) in [6, 6.07) is 12.4. The van der Waals surface area contributed by atoms with Crippen LogP contribution in [0.15, 0.2) is 42.5 Å². The summed E-state index contributed by atoms with van der Waals surface area (Å²) in [5.41, 5.74) is 1.99. The van der Waals surface area contributed by atoms with Gasteiger partial charge >= 0.3 is 0 Å². The fourth-order valence-electron chi connectivity index (χ4n) is 2.51. The summed E-state index contributed by atoms with van der Waals surface area (Å²) in [5, 5.41) is 2.76. The molecular formula is C20H24N2O4. The van der Waals surface area contributed by atoms with Gasteiger partial charge in [-0.2, -0.15) is 0 Å². The highest BCUT2D eigenvalue weighted by Gasteiger charge is 2.15. The molecule has 6 nitrogen and oxygen atoms in total. The monoisotopic (exact) mass is 356 g/mol. The molecule has 0 bridgehead atoms. The fraction of sp³-hybridized carbons (Fsp3) is 0.300. The number of carbonyl (C=O) groups is 2. The number of hydrogen-bond donors (Lipinski definition) is 1. The van der Waals surface area contributed by atoms with Gasteiger partial charge in [0.2, 0.25) is 5.91 Å². The number of nitrogens with one attached hydrogen (secondary N) is 1. The van der Waals surface area contributed by atoms with Crippen molar-refractivity contribution in [2.75, 3.05) is 26.6 Å². The highest BCUT2D eigenvalue weighted by atomic mass is 16.5. The molecule has 0 radical (unpaired) electrons. The van der Waals surface area contributed by atoms with Crippen molar-refractivity contribution < 1.29 is 19.1 Å². The van der Waals surface area contributed by atoms with E-state index in [0.717, 1.165) is 5.56 Å². The van der Waals surface area contributed by atoms with Crippen LogP contribution in [0.25, 0.3) is 0 Å². The molecule has 0 aliphatic heterocycles. The van der Waals surface area contributed by atoms with Crippen molar-refractivity contribution >= 4 is 17.5 Å². The smallest absolute Gasteiger partial charge is 0.253 e. The minimum atomic E-state index is -0.143. The Labute approximate surface area is 153 Å². The van der Waals surface area contributed by atoms with Crippen molar-refractivity contribution in [2.45, 2.75) is 19.9 Å². The Morgan fingerprint density at radius 3 is 2.50 bits per heavy atom. The zero-order valence-corrected chi connectivity index (χ0v) is 15.5. The molecule has 0 unspecified atom stereocenters. The first-order valence-corrected chi connectivity index (χ1v) is 8.34. The molecule has 2 aromatic rings. The molecule has 0 heterocycles. The molecule has 0 aliphatic carbocycles. The van der Waals surface area contributed by atoms with Gasteiger partial charge in [0.05, 0.1) is 14.2 Å². The van der Waals surface area contributed by atoms with E-state index in [4.69, 9.17) is 9.47 Å². The molecule has 2 amide bonds. The molecule has 0 aromatic heterocycles. The minimum Gasteiger partial charge on any atom is -0.497 e. The number of anilines is 1. The third-order valence-electron chi connectivity index (χ3n) is 3.96. The van der Waals surface area contributed by atoms with E-state index in [1.807, 2.05) is 12.1 Å². The van der Waals surface area contributed by atoms with Gasteiger partial charge in [0, 0.05) is 42.9 Å². The zero-order chi connectivity index (χ0) is 19.1. The Bertz CT molecular complexity index is 789. The Morgan fingerprint density at radius 1 is 1.08 bits per heavy atom. The number of benzene rings is 2. The maximum atomic E-state index is 12.7. The molecule has 6 heteroatoms. The summed E-state index contributed by atoms with van der Waals surface area (Å²) in [6.45, 7) is 2.16. The van der Waals surface area contributed by atoms with E-state index < -0.39 is 0 Å². The first kappa shape index (κ1) is 19.3. The molecule has 138 valence electrons. The lowest BCUT2D eigenvalue weighted by atomic mass is 10.1. The van der Waals surface area contributed by atoms with Crippen LogP contribution in [0.1, 0.15) is 29.3 Å². The van der Waals surface area contributed by atoms with Crippen LogP contribution >= 0.6 is 0 Å². The SMILES string of the molecule is CCC(=O)Nc1cccc(C(=O)N(C)Cc2ccc(OC)cc2OC)c1. The predicted molar refractivity (Wildman–Crippen MR) is 101 cm³/mol. The summed E-state index contributed by atoms with van der Waals surface area (Å²) in [7, 11) is 4.90. The molecule has 0 saturated heterocycles. The average molecular weight is 356 g/mol. The number of hydrogen-bond acceptors (Lipinski definition) is 4. The van der Waals surface area contributed by atoms with Crippen molar-refractivity contribution in [1.82, 2.24) is 4.90 Å². The predicted octanol–water partition coefficient (Wildman–Crippen LogP) is 3.32. The van der Waals surface area contributed by atoms with E-state index in [9.17, 15) is 9.59 Å². The van der Waals surface area contributed by atoms with Crippen molar-refractivity contribution in [1.29, 1.82) is 0 Å². The van der Waals surface area contributed by atoms with Gasteiger partial charge in [0.1, 0.15) is 11.5 Å². The number of ether oxygens (including phenoxy) is 2. The number of nitrogens with zero attached hydrogens (tertiary/aromatic N) is 1. The van der Waals surface area contributed by atoms with Crippen LogP contribution in [0, 0.1) is 0 Å². The van der Waals surface area contributed by atoms with Crippen molar-refractivity contribution in [3.63, 3.8) is 0 Å². The van der Waals surface area contributed by atoms with E-state index in [0.29, 0.717) is 35.7 Å². The van der Waals surface area contributed by atoms with Crippen LogP contribution in [-0.4, -0.2) is 38.0 Å². The molecule has 2 aromatic carbocycles. The van der Waals surface area contributed by atoms with Crippen LogP contribution in [0.2, 0.25) is 0 Å². The Kier molecular flexibility index (Phi) is 6.60. The maximum Gasteiger partial charge on any atom is 0.253 e.